The molecule has 1 saturated heterocycles. The molecule has 84 valence electrons. The molecule has 0 spiro atoms. The molecular formula is C9H16F3NS. The fraction of sp³-hybridized carbons (Fsp3) is 1.00. The summed E-state index contributed by atoms with van der Waals surface area (Å²) in [6.45, 7) is 5.89. The molecule has 0 aliphatic carbocycles. The van der Waals surface area contributed by atoms with Gasteiger partial charge < -0.3 is 5.32 Å². The molecule has 0 aromatic carbocycles. The fourth-order valence-electron chi connectivity index (χ4n) is 1.69. The Morgan fingerprint density at radius 1 is 1.36 bits per heavy atom. The van der Waals surface area contributed by atoms with Crippen LogP contribution in [0.1, 0.15) is 20.3 Å². The SMILES string of the molecule is CC(C)C1(CCSC(F)(F)F)CNC1. The van der Waals surface area contributed by atoms with E-state index in [1.54, 1.807) is 0 Å². The summed E-state index contributed by atoms with van der Waals surface area (Å²) in [5.41, 5.74) is -3.96. The van der Waals surface area contributed by atoms with Gasteiger partial charge in [0, 0.05) is 18.8 Å². The van der Waals surface area contributed by atoms with Crippen LogP contribution >= 0.6 is 11.8 Å². The minimum Gasteiger partial charge on any atom is -0.316 e. The van der Waals surface area contributed by atoms with E-state index in [9.17, 15) is 13.2 Å². The van der Waals surface area contributed by atoms with E-state index in [0.717, 1.165) is 13.1 Å². The van der Waals surface area contributed by atoms with Gasteiger partial charge in [-0.05, 0) is 17.8 Å². The number of hydrogen-bond donors (Lipinski definition) is 1. The molecule has 1 aliphatic heterocycles. The van der Waals surface area contributed by atoms with E-state index in [-0.39, 0.29) is 22.9 Å². The Morgan fingerprint density at radius 2 is 1.93 bits per heavy atom. The van der Waals surface area contributed by atoms with Crippen molar-refractivity contribution >= 4 is 11.8 Å². The molecule has 0 amide bonds. The van der Waals surface area contributed by atoms with Crippen molar-refractivity contribution in [3.63, 3.8) is 0 Å². The normalized spacial score (nSPS) is 21.0. The third-order valence-electron chi connectivity index (χ3n) is 3.04. The highest BCUT2D eigenvalue weighted by molar-refractivity contribution is 8.00. The van der Waals surface area contributed by atoms with E-state index in [4.69, 9.17) is 0 Å². The lowest BCUT2D eigenvalue weighted by Gasteiger charge is -2.46. The van der Waals surface area contributed by atoms with E-state index in [1.165, 1.54) is 0 Å². The average molecular weight is 227 g/mol. The predicted octanol–water partition coefficient (Wildman–Crippen LogP) is 2.88. The zero-order chi connectivity index (χ0) is 10.8. The zero-order valence-corrected chi connectivity index (χ0v) is 9.26. The van der Waals surface area contributed by atoms with Crippen LogP contribution in [0.25, 0.3) is 0 Å². The Hall–Kier alpha value is 0.1000. The van der Waals surface area contributed by atoms with Crippen molar-refractivity contribution in [1.29, 1.82) is 0 Å². The summed E-state index contributed by atoms with van der Waals surface area (Å²) in [5, 5.41) is 3.14. The van der Waals surface area contributed by atoms with Crippen molar-refractivity contribution in [2.24, 2.45) is 11.3 Å². The topological polar surface area (TPSA) is 12.0 Å². The molecule has 0 aromatic rings. The monoisotopic (exact) mass is 227 g/mol. The Labute approximate surface area is 86.8 Å². The number of halogens is 3. The van der Waals surface area contributed by atoms with E-state index < -0.39 is 5.51 Å². The van der Waals surface area contributed by atoms with Gasteiger partial charge in [0.25, 0.3) is 0 Å². The summed E-state index contributed by atoms with van der Waals surface area (Å²) in [7, 11) is 0. The number of hydrogen-bond acceptors (Lipinski definition) is 2. The highest BCUT2D eigenvalue weighted by Gasteiger charge is 2.40. The van der Waals surface area contributed by atoms with Gasteiger partial charge in [0.1, 0.15) is 0 Å². The summed E-state index contributed by atoms with van der Waals surface area (Å²) < 4.78 is 35.7. The van der Waals surface area contributed by atoms with Crippen LogP contribution in [-0.4, -0.2) is 24.4 Å². The highest BCUT2D eigenvalue weighted by atomic mass is 32.2. The van der Waals surface area contributed by atoms with E-state index >= 15 is 0 Å². The van der Waals surface area contributed by atoms with Crippen molar-refractivity contribution in [3.8, 4) is 0 Å². The van der Waals surface area contributed by atoms with Crippen LogP contribution in [-0.2, 0) is 0 Å². The minimum absolute atomic E-state index is 0.0993. The first-order valence-electron chi connectivity index (χ1n) is 4.77. The van der Waals surface area contributed by atoms with Crippen LogP contribution in [0.3, 0.4) is 0 Å². The maximum absolute atomic E-state index is 11.9. The van der Waals surface area contributed by atoms with E-state index in [2.05, 4.69) is 19.2 Å². The molecule has 0 bridgehead atoms. The molecule has 1 N–H and O–H groups in total. The van der Waals surface area contributed by atoms with Gasteiger partial charge in [-0.2, -0.15) is 13.2 Å². The van der Waals surface area contributed by atoms with Crippen LogP contribution < -0.4 is 5.32 Å². The smallest absolute Gasteiger partial charge is 0.316 e. The maximum atomic E-state index is 11.9. The third-order valence-corrected chi connectivity index (χ3v) is 3.78. The van der Waals surface area contributed by atoms with Gasteiger partial charge in [0.05, 0.1) is 0 Å². The molecule has 1 heterocycles. The number of nitrogens with one attached hydrogen (secondary N) is 1. The molecule has 1 fully saturated rings. The summed E-state index contributed by atoms with van der Waals surface area (Å²) in [6, 6.07) is 0. The Bertz CT molecular complexity index is 187. The molecule has 0 unspecified atom stereocenters. The summed E-state index contributed by atoms with van der Waals surface area (Å²) >= 11 is 0.0993. The maximum Gasteiger partial charge on any atom is 0.441 e. The first-order valence-corrected chi connectivity index (χ1v) is 5.76. The lowest BCUT2D eigenvalue weighted by atomic mass is 9.70. The van der Waals surface area contributed by atoms with Gasteiger partial charge in [-0.3, -0.25) is 0 Å². The molecule has 0 atom stereocenters. The third kappa shape index (κ3) is 3.05. The molecule has 14 heavy (non-hydrogen) atoms. The van der Waals surface area contributed by atoms with Gasteiger partial charge in [-0.25, -0.2) is 0 Å². The van der Waals surface area contributed by atoms with Gasteiger partial charge in [-0.1, -0.05) is 25.6 Å². The first-order chi connectivity index (χ1) is 6.36. The van der Waals surface area contributed by atoms with Crippen LogP contribution in [0.2, 0.25) is 0 Å². The van der Waals surface area contributed by atoms with Crippen molar-refractivity contribution < 1.29 is 13.2 Å². The van der Waals surface area contributed by atoms with E-state index in [0.29, 0.717) is 12.3 Å². The minimum atomic E-state index is -4.07. The van der Waals surface area contributed by atoms with E-state index in [1.807, 2.05) is 0 Å². The first kappa shape index (κ1) is 12.2. The largest absolute Gasteiger partial charge is 0.441 e. The Morgan fingerprint density at radius 3 is 2.21 bits per heavy atom. The van der Waals surface area contributed by atoms with Crippen molar-refractivity contribution in [1.82, 2.24) is 5.32 Å². The van der Waals surface area contributed by atoms with Gasteiger partial charge in [0.15, 0.2) is 0 Å². The van der Waals surface area contributed by atoms with Crippen LogP contribution in [0.5, 0.6) is 0 Å². The van der Waals surface area contributed by atoms with Gasteiger partial charge in [0.2, 0.25) is 0 Å². The molecule has 0 aromatic heterocycles. The van der Waals surface area contributed by atoms with Crippen LogP contribution in [0.15, 0.2) is 0 Å². The summed E-state index contributed by atoms with van der Waals surface area (Å²) in [6.07, 6.45) is 0.655. The predicted molar refractivity (Wildman–Crippen MR) is 53.3 cm³/mol. The summed E-state index contributed by atoms with van der Waals surface area (Å²) in [5.74, 6) is 0.640. The Kier molecular flexibility index (Phi) is 3.75. The molecule has 1 nitrogen and oxygen atoms in total. The van der Waals surface area contributed by atoms with Crippen molar-refractivity contribution in [2.45, 2.75) is 25.8 Å². The quantitative estimate of drug-likeness (QED) is 0.792. The molecule has 5 heteroatoms. The van der Waals surface area contributed by atoms with Crippen molar-refractivity contribution in [2.75, 3.05) is 18.8 Å². The highest BCUT2D eigenvalue weighted by Crippen LogP contribution is 2.39. The molecular weight excluding hydrogens is 211 g/mol. The lowest BCUT2D eigenvalue weighted by molar-refractivity contribution is -0.0331. The second-order valence-electron chi connectivity index (χ2n) is 4.16. The van der Waals surface area contributed by atoms with Gasteiger partial charge >= 0.3 is 5.51 Å². The van der Waals surface area contributed by atoms with Gasteiger partial charge in [-0.15, -0.1) is 0 Å². The second kappa shape index (κ2) is 4.31. The molecule has 1 rings (SSSR count). The average Bonchev–Trinajstić information content (AvgIpc) is 1.91. The molecule has 1 aliphatic rings. The number of rotatable bonds is 4. The number of alkyl halides is 3. The molecule has 0 saturated carbocycles. The standard InChI is InChI=1S/C9H16F3NS/c1-7(2)8(5-13-6-8)3-4-14-9(10,11)12/h7,13H,3-6H2,1-2H3. The summed E-state index contributed by atoms with van der Waals surface area (Å²) in [4.78, 5) is 0. The zero-order valence-electron chi connectivity index (χ0n) is 8.45. The second-order valence-corrected chi connectivity index (χ2v) is 5.32. The lowest BCUT2D eigenvalue weighted by Crippen LogP contribution is -2.56. The Balaban J connectivity index is 2.29. The van der Waals surface area contributed by atoms with Crippen LogP contribution in [0, 0.1) is 11.3 Å². The van der Waals surface area contributed by atoms with Crippen molar-refractivity contribution in [3.05, 3.63) is 0 Å². The number of thioether (sulfide) groups is 1. The van der Waals surface area contributed by atoms with Crippen LogP contribution in [0.4, 0.5) is 13.2 Å². The fourth-order valence-corrected chi connectivity index (χ4v) is 2.43. The molecule has 0 radical (unpaired) electrons.